The summed E-state index contributed by atoms with van der Waals surface area (Å²) in [7, 11) is 0. The third-order valence-electron chi connectivity index (χ3n) is 6.47. The number of hydrogen-bond donors (Lipinski definition) is 1. The summed E-state index contributed by atoms with van der Waals surface area (Å²) in [4.78, 5) is 26.2. The van der Waals surface area contributed by atoms with E-state index in [0.29, 0.717) is 45.9 Å². The molecular weight excluding hydrogens is 464 g/mol. The standard InChI is InChI=1S/C26H22Cl2FNO3/c27-15-11-16(26(17(28)12-15)33-13-14-5-1-2-6-18(14)29)23-24-19(7-3-9-21(24)31)30-20-8-4-10-22(32)25(20)23/h1-2,5-6,11-12,23,30H,3-4,7-10,13H2. The molecule has 33 heavy (non-hydrogen) atoms. The molecule has 5 rings (SSSR count). The van der Waals surface area contributed by atoms with Crippen molar-refractivity contribution >= 4 is 34.8 Å². The zero-order valence-corrected chi connectivity index (χ0v) is 19.4. The smallest absolute Gasteiger partial charge is 0.161 e. The Hall–Kier alpha value is -2.63. The summed E-state index contributed by atoms with van der Waals surface area (Å²) < 4.78 is 20.3. The summed E-state index contributed by atoms with van der Waals surface area (Å²) >= 11 is 13.0. The zero-order chi connectivity index (χ0) is 23.1. The number of benzene rings is 2. The fraction of sp³-hybridized carbons (Fsp3) is 0.308. The molecule has 0 fully saturated rings. The number of nitrogens with one attached hydrogen (secondary N) is 1. The van der Waals surface area contributed by atoms with Crippen LogP contribution in [0.15, 0.2) is 58.9 Å². The Morgan fingerprint density at radius 3 is 2.21 bits per heavy atom. The van der Waals surface area contributed by atoms with Gasteiger partial charge >= 0.3 is 0 Å². The summed E-state index contributed by atoms with van der Waals surface area (Å²) in [5.41, 5.74) is 3.84. The van der Waals surface area contributed by atoms with Gasteiger partial charge in [0.1, 0.15) is 18.2 Å². The molecule has 0 aromatic heterocycles. The van der Waals surface area contributed by atoms with Crippen LogP contribution in [-0.4, -0.2) is 11.6 Å². The number of ether oxygens (including phenoxy) is 1. The molecule has 0 saturated heterocycles. The number of halogens is 3. The van der Waals surface area contributed by atoms with Crippen molar-refractivity contribution in [2.45, 2.75) is 51.0 Å². The van der Waals surface area contributed by atoms with Crippen molar-refractivity contribution in [3.8, 4) is 5.75 Å². The van der Waals surface area contributed by atoms with Crippen LogP contribution in [0, 0.1) is 5.82 Å². The van der Waals surface area contributed by atoms with Crippen LogP contribution in [0.25, 0.3) is 0 Å². The first kappa shape index (κ1) is 22.2. The van der Waals surface area contributed by atoms with E-state index in [1.165, 1.54) is 6.07 Å². The van der Waals surface area contributed by atoms with Gasteiger partial charge in [-0.25, -0.2) is 4.39 Å². The van der Waals surface area contributed by atoms with Gasteiger partial charge in [-0.1, -0.05) is 41.4 Å². The maximum Gasteiger partial charge on any atom is 0.161 e. The second kappa shape index (κ2) is 8.96. The highest BCUT2D eigenvalue weighted by molar-refractivity contribution is 6.35. The van der Waals surface area contributed by atoms with Crippen molar-refractivity contribution in [3.63, 3.8) is 0 Å². The highest BCUT2D eigenvalue weighted by atomic mass is 35.5. The van der Waals surface area contributed by atoms with Gasteiger partial charge in [-0.05, 0) is 43.9 Å². The average Bonchev–Trinajstić information content (AvgIpc) is 2.78. The van der Waals surface area contributed by atoms with Crippen molar-refractivity contribution < 1.29 is 18.7 Å². The molecule has 7 heteroatoms. The Kier molecular flexibility index (Phi) is 6.02. The SMILES string of the molecule is O=C1CCCC2=C1C(c1cc(Cl)cc(Cl)c1OCc1ccccc1F)C1=C(CCCC1=O)N2. The number of allylic oxidation sites excluding steroid dienone is 4. The Morgan fingerprint density at radius 2 is 1.58 bits per heavy atom. The monoisotopic (exact) mass is 485 g/mol. The number of Topliss-reactive ketones (excluding diaryl/α,β-unsaturated/α-hetero) is 2. The Bertz CT molecular complexity index is 1190. The maximum absolute atomic E-state index is 14.2. The molecule has 2 aromatic carbocycles. The first-order chi connectivity index (χ1) is 15.9. The van der Waals surface area contributed by atoms with E-state index >= 15 is 0 Å². The van der Waals surface area contributed by atoms with Gasteiger partial charge in [0.05, 0.1) is 5.02 Å². The fourth-order valence-corrected chi connectivity index (χ4v) is 5.57. The predicted molar refractivity (Wildman–Crippen MR) is 125 cm³/mol. The maximum atomic E-state index is 14.2. The highest BCUT2D eigenvalue weighted by Gasteiger charge is 2.41. The van der Waals surface area contributed by atoms with E-state index in [2.05, 4.69) is 5.32 Å². The molecule has 0 atom stereocenters. The zero-order valence-electron chi connectivity index (χ0n) is 17.8. The summed E-state index contributed by atoms with van der Waals surface area (Å²) in [5, 5.41) is 4.02. The Labute approximate surface area is 201 Å². The van der Waals surface area contributed by atoms with E-state index < -0.39 is 5.92 Å². The quantitative estimate of drug-likeness (QED) is 0.543. The van der Waals surface area contributed by atoms with Crippen LogP contribution in [0.4, 0.5) is 4.39 Å². The molecule has 3 aliphatic rings. The minimum Gasteiger partial charge on any atom is -0.487 e. The number of rotatable bonds is 4. The van der Waals surface area contributed by atoms with Crippen LogP contribution >= 0.6 is 23.2 Å². The highest BCUT2D eigenvalue weighted by Crippen LogP contribution is 2.49. The van der Waals surface area contributed by atoms with Gasteiger partial charge in [0.25, 0.3) is 0 Å². The number of dihydropyridines is 1. The average molecular weight is 486 g/mol. The Balaban J connectivity index is 1.65. The molecule has 1 heterocycles. The lowest BCUT2D eigenvalue weighted by atomic mass is 9.71. The van der Waals surface area contributed by atoms with Crippen LogP contribution in [0.2, 0.25) is 10.0 Å². The first-order valence-electron chi connectivity index (χ1n) is 11.1. The topological polar surface area (TPSA) is 55.4 Å². The van der Waals surface area contributed by atoms with Crippen molar-refractivity contribution in [1.82, 2.24) is 5.32 Å². The van der Waals surface area contributed by atoms with Gasteiger partial charge in [-0.3, -0.25) is 9.59 Å². The van der Waals surface area contributed by atoms with Gasteiger partial charge < -0.3 is 10.1 Å². The lowest BCUT2D eigenvalue weighted by Gasteiger charge is -2.37. The molecule has 0 amide bonds. The van der Waals surface area contributed by atoms with Gasteiger partial charge in [0.15, 0.2) is 11.6 Å². The molecule has 0 bridgehead atoms. The molecule has 2 aromatic rings. The van der Waals surface area contributed by atoms with Crippen LogP contribution in [-0.2, 0) is 16.2 Å². The summed E-state index contributed by atoms with van der Waals surface area (Å²) in [6.07, 6.45) is 3.85. The third kappa shape index (κ3) is 4.09. The second-order valence-electron chi connectivity index (χ2n) is 8.58. The van der Waals surface area contributed by atoms with E-state index in [0.717, 1.165) is 37.1 Å². The summed E-state index contributed by atoms with van der Waals surface area (Å²) in [6, 6.07) is 9.61. The summed E-state index contributed by atoms with van der Waals surface area (Å²) in [6.45, 7) is -0.0499. The molecule has 0 radical (unpaired) electrons. The van der Waals surface area contributed by atoms with Crippen LogP contribution in [0.1, 0.15) is 55.6 Å². The minimum atomic E-state index is -0.608. The van der Waals surface area contributed by atoms with E-state index in [-0.39, 0.29) is 29.0 Å². The van der Waals surface area contributed by atoms with Crippen molar-refractivity contribution in [2.24, 2.45) is 0 Å². The number of hydrogen-bond acceptors (Lipinski definition) is 4. The molecule has 0 spiro atoms. The molecule has 0 unspecified atom stereocenters. The van der Waals surface area contributed by atoms with Crippen LogP contribution in [0.3, 0.4) is 0 Å². The molecule has 2 aliphatic carbocycles. The van der Waals surface area contributed by atoms with E-state index in [1.54, 1.807) is 30.3 Å². The molecule has 1 aliphatic heterocycles. The van der Waals surface area contributed by atoms with Crippen molar-refractivity contribution in [2.75, 3.05) is 0 Å². The van der Waals surface area contributed by atoms with Crippen LogP contribution in [0.5, 0.6) is 5.75 Å². The summed E-state index contributed by atoms with van der Waals surface area (Å²) in [5.74, 6) is -0.661. The lowest BCUT2D eigenvalue weighted by molar-refractivity contribution is -0.116. The number of carbonyl (C=O) groups excluding carboxylic acids is 2. The van der Waals surface area contributed by atoms with Crippen LogP contribution < -0.4 is 10.1 Å². The minimum absolute atomic E-state index is 0.00910. The molecule has 1 N–H and O–H groups in total. The van der Waals surface area contributed by atoms with E-state index in [1.807, 2.05) is 0 Å². The Morgan fingerprint density at radius 1 is 0.939 bits per heavy atom. The lowest BCUT2D eigenvalue weighted by Crippen LogP contribution is -2.36. The van der Waals surface area contributed by atoms with Crippen molar-refractivity contribution in [3.05, 3.63) is 85.9 Å². The van der Waals surface area contributed by atoms with E-state index in [9.17, 15) is 14.0 Å². The largest absolute Gasteiger partial charge is 0.487 e. The first-order valence-corrected chi connectivity index (χ1v) is 11.8. The van der Waals surface area contributed by atoms with Gasteiger partial charge in [0, 0.05) is 57.4 Å². The fourth-order valence-electron chi connectivity index (χ4n) is 5.01. The van der Waals surface area contributed by atoms with Gasteiger partial charge in [-0.2, -0.15) is 0 Å². The van der Waals surface area contributed by atoms with Gasteiger partial charge in [0.2, 0.25) is 0 Å². The van der Waals surface area contributed by atoms with Gasteiger partial charge in [-0.15, -0.1) is 0 Å². The molecule has 4 nitrogen and oxygen atoms in total. The van der Waals surface area contributed by atoms with E-state index in [4.69, 9.17) is 27.9 Å². The second-order valence-corrected chi connectivity index (χ2v) is 9.43. The molecular formula is C26H22Cl2FNO3. The number of ketones is 2. The predicted octanol–water partition coefficient (Wildman–Crippen LogP) is 6.41. The normalized spacial score (nSPS) is 18.8. The molecule has 0 saturated carbocycles. The number of carbonyl (C=O) groups is 2. The van der Waals surface area contributed by atoms with Crippen molar-refractivity contribution in [1.29, 1.82) is 0 Å². The third-order valence-corrected chi connectivity index (χ3v) is 6.97. The molecule has 170 valence electrons.